The van der Waals surface area contributed by atoms with Gasteiger partial charge in [0.05, 0.1) is 16.1 Å². The summed E-state index contributed by atoms with van der Waals surface area (Å²) in [4.78, 5) is 0. The van der Waals surface area contributed by atoms with E-state index in [1.54, 1.807) is 6.07 Å². The molecular weight excluding hydrogens is 257 g/mol. The Morgan fingerprint density at radius 3 is 2.65 bits per heavy atom. The Kier molecular flexibility index (Phi) is 6.28. The lowest BCUT2D eigenvalue weighted by atomic mass is 9.99. The second-order valence-corrected chi connectivity index (χ2v) is 5.06. The molecule has 0 radical (unpaired) electrons. The Hall–Kier alpha value is -0.280. The average molecular weight is 276 g/mol. The Morgan fingerprint density at radius 2 is 2.00 bits per heavy atom. The van der Waals surface area contributed by atoms with Gasteiger partial charge < -0.3 is 10.8 Å². The molecule has 0 saturated carbocycles. The fourth-order valence-corrected chi connectivity index (χ4v) is 2.20. The molecule has 1 aromatic carbocycles. The van der Waals surface area contributed by atoms with Gasteiger partial charge in [0.1, 0.15) is 0 Å². The van der Waals surface area contributed by atoms with Gasteiger partial charge in [-0.25, -0.2) is 0 Å². The van der Waals surface area contributed by atoms with Gasteiger partial charge in [0, 0.05) is 6.04 Å². The van der Waals surface area contributed by atoms with E-state index in [0.717, 1.165) is 18.4 Å². The van der Waals surface area contributed by atoms with Gasteiger partial charge in [0.15, 0.2) is 0 Å². The maximum Gasteiger partial charge on any atom is 0.0694 e. The van der Waals surface area contributed by atoms with Crippen LogP contribution in [0.3, 0.4) is 0 Å². The van der Waals surface area contributed by atoms with Gasteiger partial charge in [0.25, 0.3) is 0 Å². The van der Waals surface area contributed by atoms with Gasteiger partial charge >= 0.3 is 0 Å². The Morgan fingerprint density at radius 1 is 1.29 bits per heavy atom. The molecule has 0 fully saturated rings. The molecule has 0 bridgehead atoms. The van der Waals surface area contributed by atoms with Crippen molar-refractivity contribution in [3.63, 3.8) is 0 Å². The minimum atomic E-state index is -0.481. The summed E-state index contributed by atoms with van der Waals surface area (Å²) >= 11 is 12.0. The zero-order chi connectivity index (χ0) is 12.8. The maximum absolute atomic E-state index is 9.87. The monoisotopic (exact) mass is 275 g/mol. The van der Waals surface area contributed by atoms with Gasteiger partial charge in [-0.05, 0) is 30.9 Å². The van der Waals surface area contributed by atoms with E-state index in [2.05, 4.69) is 6.92 Å². The molecule has 0 heterocycles. The zero-order valence-electron chi connectivity index (χ0n) is 10.00. The number of aryl methyl sites for hydroxylation is 1. The molecule has 0 amide bonds. The van der Waals surface area contributed by atoms with Gasteiger partial charge in [-0.3, -0.25) is 0 Å². The number of halogens is 2. The average Bonchev–Trinajstić information content (AvgIpc) is 2.31. The number of aliphatic hydroxyl groups is 1. The van der Waals surface area contributed by atoms with Gasteiger partial charge in [-0.15, -0.1) is 0 Å². The van der Waals surface area contributed by atoms with Crippen molar-refractivity contribution in [1.82, 2.24) is 0 Å². The molecular formula is C13H19Cl2NO. The second kappa shape index (κ2) is 7.22. The van der Waals surface area contributed by atoms with Crippen LogP contribution in [0.25, 0.3) is 0 Å². The molecule has 0 saturated heterocycles. The first kappa shape index (κ1) is 14.8. The van der Waals surface area contributed by atoms with Crippen molar-refractivity contribution in [2.45, 2.75) is 44.8 Å². The molecule has 17 heavy (non-hydrogen) atoms. The lowest BCUT2D eigenvalue weighted by Gasteiger charge is -2.18. The quantitative estimate of drug-likeness (QED) is 0.836. The minimum Gasteiger partial charge on any atom is -0.392 e. The van der Waals surface area contributed by atoms with Crippen LogP contribution in [-0.2, 0) is 6.42 Å². The maximum atomic E-state index is 9.87. The zero-order valence-corrected chi connectivity index (χ0v) is 11.5. The molecule has 1 rings (SSSR count). The van der Waals surface area contributed by atoms with Crippen LogP contribution in [0, 0.1) is 0 Å². The molecule has 0 spiro atoms. The first-order valence-electron chi connectivity index (χ1n) is 5.92. The fourth-order valence-electron chi connectivity index (χ4n) is 1.78. The third kappa shape index (κ3) is 4.47. The number of nitrogens with two attached hydrogens (primary N) is 1. The van der Waals surface area contributed by atoms with Gasteiger partial charge in [-0.1, -0.05) is 48.7 Å². The van der Waals surface area contributed by atoms with Crippen molar-refractivity contribution in [1.29, 1.82) is 0 Å². The van der Waals surface area contributed by atoms with Crippen molar-refractivity contribution < 1.29 is 5.11 Å². The summed E-state index contributed by atoms with van der Waals surface area (Å²) in [6.07, 6.45) is 2.64. The van der Waals surface area contributed by atoms with E-state index in [1.807, 2.05) is 12.1 Å². The van der Waals surface area contributed by atoms with Crippen molar-refractivity contribution in [3.05, 3.63) is 33.8 Å². The molecule has 3 N–H and O–H groups in total. The highest BCUT2D eigenvalue weighted by atomic mass is 35.5. The number of benzene rings is 1. The topological polar surface area (TPSA) is 46.2 Å². The minimum absolute atomic E-state index is 0.155. The summed E-state index contributed by atoms with van der Waals surface area (Å²) in [6, 6.07) is 5.39. The van der Waals surface area contributed by atoms with E-state index in [9.17, 15) is 5.11 Å². The largest absolute Gasteiger partial charge is 0.392 e. The van der Waals surface area contributed by atoms with E-state index in [0.29, 0.717) is 22.9 Å². The van der Waals surface area contributed by atoms with Crippen LogP contribution < -0.4 is 5.73 Å². The summed E-state index contributed by atoms with van der Waals surface area (Å²) in [5, 5.41) is 11.0. The number of rotatable bonds is 6. The molecule has 0 aliphatic carbocycles. The molecule has 4 heteroatoms. The Labute approximate surface area is 113 Å². The highest BCUT2D eigenvalue weighted by molar-refractivity contribution is 6.42. The fraction of sp³-hybridized carbons (Fsp3) is 0.538. The molecule has 2 unspecified atom stereocenters. The van der Waals surface area contributed by atoms with Crippen LogP contribution in [0.1, 0.15) is 31.7 Å². The predicted molar refractivity (Wildman–Crippen MR) is 73.7 cm³/mol. The number of aliphatic hydroxyl groups excluding tert-OH is 1. The van der Waals surface area contributed by atoms with E-state index in [1.165, 1.54) is 0 Å². The van der Waals surface area contributed by atoms with Crippen LogP contribution in [-0.4, -0.2) is 17.3 Å². The summed E-state index contributed by atoms with van der Waals surface area (Å²) < 4.78 is 0. The first-order chi connectivity index (χ1) is 8.06. The van der Waals surface area contributed by atoms with E-state index in [4.69, 9.17) is 28.9 Å². The van der Waals surface area contributed by atoms with E-state index in [-0.39, 0.29) is 6.04 Å². The van der Waals surface area contributed by atoms with Crippen LogP contribution in [0.5, 0.6) is 0 Å². The first-order valence-corrected chi connectivity index (χ1v) is 6.68. The summed E-state index contributed by atoms with van der Waals surface area (Å²) in [5.41, 5.74) is 6.81. The third-order valence-corrected chi connectivity index (χ3v) is 3.72. The second-order valence-electron chi connectivity index (χ2n) is 4.27. The molecule has 2 atom stereocenters. The van der Waals surface area contributed by atoms with Crippen molar-refractivity contribution in [2.24, 2.45) is 5.73 Å². The predicted octanol–water partition coefficient (Wildman–Crippen LogP) is 3.41. The lowest BCUT2D eigenvalue weighted by molar-refractivity contribution is 0.131. The van der Waals surface area contributed by atoms with E-state index >= 15 is 0 Å². The van der Waals surface area contributed by atoms with Crippen molar-refractivity contribution in [3.8, 4) is 0 Å². The van der Waals surface area contributed by atoms with Crippen LogP contribution in [0.4, 0.5) is 0 Å². The number of hydrogen-bond donors (Lipinski definition) is 2. The summed E-state index contributed by atoms with van der Waals surface area (Å²) in [6.45, 7) is 2.06. The molecule has 96 valence electrons. The Bertz CT molecular complexity index is 357. The molecule has 0 aromatic heterocycles. The highest BCUT2D eigenvalue weighted by Crippen LogP contribution is 2.26. The van der Waals surface area contributed by atoms with Crippen LogP contribution in [0.15, 0.2) is 18.2 Å². The summed E-state index contributed by atoms with van der Waals surface area (Å²) in [5.74, 6) is 0. The standard InChI is InChI=1S/C13H19Cl2NO/c1-2-4-11(16)12(17)8-7-9-5-3-6-10(14)13(9)15/h3,5-6,11-12,17H,2,4,7-8,16H2,1H3. The van der Waals surface area contributed by atoms with Crippen molar-refractivity contribution >= 4 is 23.2 Å². The van der Waals surface area contributed by atoms with Crippen molar-refractivity contribution in [2.75, 3.05) is 0 Å². The normalized spacial score (nSPS) is 14.6. The molecule has 0 aliphatic rings. The molecule has 1 aromatic rings. The van der Waals surface area contributed by atoms with E-state index < -0.39 is 6.10 Å². The third-order valence-electron chi connectivity index (χ3n) is 2.86. The molecule has 0 aliphatic heterocycles. The highest BCUT2D eigenvalue weighted by Gasteiger charge is 2.14. The Balaban J connectivity index is 2.52. The lowest BCUT2D eigenvalue weighted by Crippen LogP contribution is -2.34. The smallest absolute Gasteiger partial charge is 0.0694 e. The molecule has 2 nitrogen and oxygen atoms in total. The van der Waals surface area contributed by atoms with Gasteiger partial charge in [-0.2, -0.15) is 0 Å². The SMILES string of the molecule is CCCC(N)C(O)CCc1cccc(Cl)c1Cl. The number of hydrogen-bond acceptors (Lipinski definition) is 2. The van der Waals surface area contributed by atoms with Crippen LogP contribution in [0.2, 0.25) is 10.0 Å². The van der Waals surface area contributed by atoms with Gasteiger partial charge in [0.2, 0.25) is 0 Å². The van der Waals surface area contributed by atoms with Crippen LogP contribution >= 0.6 is 23.2 Å². The summed E-state index contributed by atoms with van der Waals surface area (Å²) in [7, 11) is 0.